The van der Waals surface area contributed by atoms with Crippen LogP contribution in [0, 0.1) is 0 Å². The molecule has 1 saturated heterocycles. The Labute approximate surface area is 182 Å². The second-order valence-electron chi connectivity index (χ2n) is 7.67. The van der Waals surface area contributed by atoms with Crippen molar-refractivity contribution in [1.82, 2.24) is 4.90 Å². The Morgan fingerprint density at radius 1 is 1.03 bits per heavy atom. The number of aromatic hydroxyl groups is 1. The molecule has 2 N–H and O–H groups in total. The van der Waals surface area contributed by atoms with Crippen LogP contribution in [0.25, 0.3) is 5.76 Å². The zero-order valence-corrected chi connectivity index (χ0v) is 18.0. The van der Waals surface area contributed by atoms with E-state index in [9.17, 15) is 19.8 Å². The van der Waals surface area contributed by atoms with Gasteiger partial charge in [-0.2, -0.15) is 0 Å². The Morgan fingerprint density at radius 2 is 1.77 bits per heavy atom. The van der Waals surface area contributed by atoms with Crippen LogP contribution in [-0.2, 0) is 9.59 Å². The number of phenols is 1. The minimum atomic E-state index is -0.753. The summed E-state index contributed by atoms with van der Waals surface area (Å²) in [4.78, 5) is 27.0. The van der Waals surface area contributed by atoms with Gasteiger partial charge in [-0.15, -0.1) is 0 Å². The maximum absolute atomic E-state index is 12.8. The van der Waals surface area contributed by atoms with Crippen LogP contribution in [0.4, 0.5) is 0 Å². The number of amides is 1. The van der Waals surface area contributed by atoms with Crippen LogP contribution in [0.3, 0.4) is 0 Å². The fraction of sp³-hybridized carbons (Fsp3) is 0.360. The molecule has 1 unspecified atom stereocenters. The van der Waals surface area contributed by atoms with Crippen LogP contribution in [0.2, 0.25) is 0 Å². The number of benzene rings is 2. The molecule has 0 radical (unpaired) electrons. The number of rotatable bonds is 9. The SMILES string of the molecule is CCCCCOc1ccc(/C(O)=C2/C(=O)C(=O)N(CCC)C2c2cccc(O)c2)cc1. The minimum absolute atomic E-state index is 0.0284. The molecule has 0 aromatic heterocycles. The van der Waals surface area contributed by atoms with Crippen molar-refractivity contribution in [3.8, 4) is 11.5 Å². The van der Waals surface area contributed by atoms with Crippen molar-refractivity contribution in [2.75, 3.05) is 13.2 Å². The number of Topliss-reactive ketones (excluding diaryl/α,β-unsaturated/α-hetero) is 1. The molecule has 3 rings (SSSR count). The summed E-state index contributed by atoms with van der Waals surface area (Å²) < 4.78 is 5.70. The molecule has 0 spiro atoms. The number of aliphatic hydroxyl groups is 1. The highest BCUT2D eigenvalue weighted by molar-refractivity contribution is 6.46. The van der Waals surface area contributed by atoms with E-state index in [1.54, 1.807) is 36.4 Å². The molecule has 0 saturated carbocycles. The van der Waals surface area contributed by atoms with Gasteiger partial charge in [0, 0.05) is 12.1 Å². The normalized spacial score (nSPS) is 17.9. The zero-order chi connectivity index (χ0) is 22.4. The molecular weight excluding hydrogens is 394 g/mol. The van der Waals surface area contributed by atoms with Crippen LogP contribution in [-0.4, -0.2) is 40.0 Å². The predicted molar refractivity (Wildman–Crippen MR) is 119 cm³/mol. The Kier molecular flexibility index (Phi) is 7.34. The van der Waals surface area contributed by atoms with Crippen LogP contribution in [0.1, 0.15) is 56.7 Å². The van der Waals surface area contributed by atoms with E-state index in [2.05, 4.69) is 6.92 Å². The second kappa shape index (κ2) is 10.2. The van der Waals surface area contributed by atoms with Crippen LogP contribution in [0.5, 0.6) is 11.5 Å². The highest BCUT2D eigenvalue weighted by Crippen LogP contribution is 2.40. The van der Waals surface area contributed by atoms with Gasteiger partial charge >= 0.3 is 0 Å². The third-order valence-corrected chi connectivity index (χ3v) is 5.33. The lowest BCUT2D eigenvalue weighted by Crippen LogP contribution is -2.30. The lowest BCUT2D eigenvalue weighted by atomic mass is 9.95. The number of carbonyl (C=O) groups is 2. The maximum atomic E-state index is 12.8. The van der Waals surface area contributed by atoms with E-state index in [0.29, 0.717) is 36.4 Å². The van der Waals surface area contributed by atoms with Gasteiger partial charge < -0.3 is 19.8 Å². The summed E-state index contributed by atoms with van der Waals surface area (Å²) in [5.74, 6) is -0.887. The first-order valence-corrected chi connectivity index (χ1v) is 10.8. The lowest BCUT2D eigenvalue weighted by Gasteiger charge is -2.25. The highest BCUT2D eigenvalue weighted by Gasteiger charge is 2.45. The van der Waals surface area contributed by atoms with Gasteiger partial charge in [0.1, 0.15) is 17.3 Å². The van der Waals surface area contributed by atoms with Gasteiger partial charge in [-0.05, 0) is 54.8 Å². The molecule has 1 aliphatic heterocycles. The van der Waals surface area contributed by atoms with Crippen molar-refractivity contribution < 1.29 is 24.5 Å². The molecule has 1 atom stereocenters. The molecule has 0 bridgehead atoms. The smallest absolute Gasteiger partial charge is 0.295 e. The number of ether oxygens (including phenoxy) is 1. The summed E-state index contributed by atoms with van der Waals surface area (Å²) in [5.41, 5.74) is 1.03. The van der Waals surface area contributed by atoms with Crippen LogP contribution in [0.15, 0.2) is 54.1 Å². The number of hydrogen-bond donors (Lipinski definition) is 2. The third kappa shape index (κ3) is 4.90. The van der Waals surface area contributed by atoms with Crippen molar-refractivity contribution in [2.45, 2.75) is 45.6 Å². The monoisotopic (exact) mass is 423 g/mol. The van der Waals surface area contributed by atoms with E-state index in [-0.39, 0.29) is 17.1 Å². The molecule has 1 heterocycles. The van der Waals surface area contributed by atoms with Gasteiger partial charge in [-0.25, -0.2) is 0 Å². The zero-order valence-electron chi connectivity index (χ0n) is 18.0. The Morgan fingerprint density at radius 3 is 2.42 bits per heavy atom. The number of carbonyl (C=O) groups excluding carboxylic acids is 2. The van der Waals surface area contributed by atoms with E-state index >= 15 is 0 Å². The fourth-order valence-corrected chi connectivity index (χ4v) is 3.80. The summed E-state index contributed by atoms with van der Waals surface area (Å²) in [6, 6.07) is 12.5. The van der Waals surface area contributed by atoms with Gasteiger partial charge in [0.15, 0.2) is 0 Å². The summed E-state index contributed by atoms with van der Waals surface area (Å²) in [7, 11) is 0. The molecule has 6 nitrogen and oxygen atoms in total. The average molecular weight is 424 g/mol. The van der Waals surface area contributed by atoms with E-state index < -0.39 is 17.7 Å². The minimum Gasteiger partial charge on any atom is -0.508 e. The van der Waals surface area contributed by atoms with Crippen molar-refractivity contribution in [2.24, 2.45) is 0 Å². The average Bonchev–Trinajstić information content (AvgIpc) is 3.02. The number of phenolic OH excluding ortho intramolecular Hbond substituents is 1. The number of ketones is 1. The number of likely N-dealkylation sites (tertiary alicyclic amines) is 1. The Bertz CT molecular complexity index is 964. The summed E-state index contributed by atoms with van der Waals surface area (Å²) in [6.45, 7) is 5.04. The van der Waals surface area contributed by atoms with Gasteiger partial charge in [-0.1, -0.05) is 38.8 Å². The standard InChI is InChI=1S/C25H29NO5/c1-3-5-6-15-31-20-12-10-17(11-13-20)23(28)21-22(18-8-7-9-19(27)16-18)26(14-4-2)25(30)24(21)29/h7-13,16,22,27-28H,3-6,14-15H2,1-2H3/b23-21-. The predicted octanol–water partition coefficient (Wildman–Crippen LogP) is 4.79. The van der Waals surface area contributed by atoms with Crippen molar-refractivity contribution >= 4 is 17.4 Å². The number of hydrogen-bond acceptors (Lipinski definition) is 5. The van der Waals surface area contributed by atoms with E-state index in [1.807, 2.05) is 6.92 Å². The summed E-state index contributed by atoms with van der Waals surface area (Å²) >= 11 is 0. The number of aliphatic hydroxyl groups excluding tert-OH is 1. The summed E-state index contributed by atoms with van der Waals surface area (Å²) in [5, 5.41) is 20.9. The van der Waals surface area contributed by atoms with E-state index in [0.717, 1.165) is 19.3 Å². The molecule has 1 amide bonds. The molecule has 2 aromatic rings. The fourth-order valence-electron chi connectivity index (χ4n) is 3.80. The molecule has 31 heavy (non-hydrogen) atoms. The van der Waals surface area contributed by atoms with Gasteiger partial charge in [0.05, 0.1) is 18.2 Å². The van der Waals surface area contributed by atoms with Crippen molar-refractivity contribution in [1.29, 1.82) is 0 Å². The molecule has 1 fully saturated rings. The van der Waals surface area contributed by atoms with Gasteiger partial charge in [0.25, 0.3) is 11.7 Å². The Hall–Kier alpha value is -3.28. The topological polar surface area (TPSA) is 87.1 Å². The van der Waals surface area contributed by atoms with E-state index in [1.165, 1.54) is 17.0 Å². The number of nitrogens with zero attached hydrogens (tertiary/aromatic N) is 1. The van der Waals surface area contributed by atoms with Crippen molar-refractivity contribution in [3.63, 3.8) is 0 Å². The van der Waals surface area contributed by atoms with E-state index in [4.69, 9.17) is 4.74 Å². The second-order valence-corrected chi connectivity index (χ2v) is 7.67. The van der Waals surface area contributed by atoms with Crippen molar-refractivity contribution in [3.05, 3.63) is 65.2 Å². The van der Waals surface area contributed by atoms with Gasteiger partial charge in [0.2, 0.25) is 0 Å². The summed E-state index contributed by atoms with van der Waals surface area (Å²) in [6.07, 6.45) is 3.85. The molecule has 164 valence electrons. The van der Waals surface area contributed by atoms with Crippen LogP contribution >= 0.6 is 0 Å². The van der Waals surface area contributed by atoms with Crippen LogP contribution < -0.4 is 4.74 Å². The van der Waals surface area contributed by atoms with Gasteiger partial charge in [-0.3, -0.25) is 9.59 Å². The molecule has 1 aliphatic rings. The number of unbranched alkanes of at least 4 members (excludes halogenated alkanes) is 2. The quantitative estimate of drug-likeness (QED) is 0.262. The molecular formula is C25H29NO5. The Balaban J connectivity index is 1.96. The maximum Gasteiger partial charge on any atom is 0.295 e. The third-order valence-electron chi connectivity index (χ3n) is 5.33. The molecule has 0 aliphatic carbocycles. The molecule has 6 heteroatoms. The molecule has 2 aromatic carbocycles. The first-order chi connectivity index (χ1) is 15.0. The lowest BCUT2D eigenvalue weighted by molar-refractivity contribution is -0.139. The highest BCUT2D eigenvalue weighted by atomic mass is 16.5. The first-order valence-electron chi connectivity index (χ1n) is 10.8. The first kappa shape index (κ1) is 22.4. The largest absolute Gasteiger partial charge is 0.508 e.